The number of benzene rings is 1. The number of rotatable bonds is 5. The first-order valence-electron chi connectivity index (χ1n) is 7.09. The Kier molecular flexibility index (Phi) is 4.83. The van der Waals surface area contributed by atoms with E-state index >= 15 is 0 Å². The van der Waals surface area contributed by atoms with Gasteiger partial charge in [0.15, 0.2) is 0 Å². The number of hydrogen-bond donors (Lipinski definition) is 1. The fourth-order valence-corrected chi connectivity index (χ4v) is 2.57. The first-order chi connectivity index (χ1) is 9.14. The lowest BCUT2D eigenvalue weighted by Crippen LogP contribution is -2.37. The van der Waals surface area contributed by atoms with Crippen LogP contribution in [0.25, 0.3) is 0 Å². The van der Waals surface area contributed by atoms with Gasteiger partial charge in [-0.3, -0.25) is 0 Å². The van der Waals surface area contributed by atoms with Crippen LogP contribution >= 0.6 is 0 Å². The zero-order valence-corrected chi connectivity index (χ0v) is 12.2. The number of hydrogen-bond acceptors (Lipinski definition) is 3. The van der Waals surface area contributed by atoms with E-state index in [0.29, 0.717) is 11.5 Å². The first kappa shape index (κ1) is 14.4. The van der Waals surface area contributed by atoms with Crippen LogP contribution in [0.3, 0.4) is 0 Å². The second-order valence-electron chi connectivity index (χ2n) is 5.77. The lowest BCUT2D eigenvalue weighted by atomic mass is 9.82. The van der Waals surface area contributed by atoms with Gasteiger partial charge in [0.25, 0.3) is 0 Å². The van der Waals surface area contributed by atoms with E-state index in [1.807, 2.05) is 12.1 Å². The van der Waals surface area contributed by atoms with Gasteiger partial charge in [-0.2, -0.15) is 0 Å². The molecule has 1 atom stereocenters. The van der Waals surface area contributed by atoms with E-state index in [1.54, 1.807) is 7.11 Å². The van der Waals surface area contributed by atoms with E-state index in [9.17, 15) is 0 Å². The summed E-state index contributed by atoms with van der Waals surface area (Å²) in [7, 11) is 1.73. The van der Waals surface area contributed by atoms with Crippen LogP contribution in [0.1, 0.15) is 38.3 Å². The van der Waals surface area contributed by atoms with Crippen molar-refractivity contribution in [1.29, 1.82) is 0 Å². The fraction of sp³-hybridized carbons (Fsp3) is 0.625. The summed E-state index contributed by atoms with van der Waals surface area (Å²) in [5.41, 5.74) is 1.58. The van der Waals surface area contributed by atoms with Crippen molar-refractivity contribution >= 4 is 0 Å². The molecule has 0 aliphatic carbocycles. The minimum absolute atomic E-state index is 0.302. The summed E-state index contributed by atoms with van der Waals surface area (Å²) in [6.07, 6.45) is 2.28. The van der Waals surface area contributed by atoms with Crippen LogP contribution in [0.15, 0.2) is 24.3 Å². The number of para-hydroxylation sites is 1. The Hall–Kier alpha value is -1.06. The highest BCUT2D eigenvalue weighted by molar-refractivity contribution is 5.35. The zero-order chi connectivity index (χ0) is 13.7. The summed E-state index contributed by atoms with van der Waals surface area (Å²) in [4.78, 5) is 0. The monoisotopic (exact) mass is 263 g/mol. The van der Waals surface area contributed by atoms with Crippen molar-refractivity contribution in [2.45, 2.75) is 32.7 Å². The SMILES string of the molecule is COc1ccccc1C(C)NCC1(C)CCOCC1. The Morgan fingerprint density at radius 3 is 2.68 bits per heavy atom. The molecule has 1 unspecified atom stereocenters. The molecule has 1 aliphatic heterocycles. The average molecular weight is 263 g/mol. The molecule has 0 radical (unpaired) electrons. The molecule has 1 fully saturated rings. The molecule has 0 amide bonds. The maximum atomic E-state index is 5.45. The highest BCUT2D eigenvalue weighted by atomic mass is 16.5. The second kappa shape index (κ2) is 6.40. The molecule has 3 heteroatoms. The third-order valence-electron chi connectivity index (χ3n) is 4.14. The van der Waals surface area contributed by atoms with E-state index < -0.39 is 0 Å². The molecule has 1 heterocycles. The predicted molar refractivity (Wildman–Crippen MR) is 77.6 cm³/mol. The van der Waals surface area contributed by atoms with Gasteiger partial charge >= 0.3 is 0 Å². The van der Waals surface area contributed by atoms with Gasteiger partial charge in [0.05, 0.1) is 7.11 Å². The quantitative estimate of drug-likeness (QED) is 0.885. The Bertz CT molecular complexity index is 399. The molecular formula is C16H25NO2. The van der Waals surface area contributed by atoms with Gasteiger partial charge in [-0.15, -0.1) is 0 Å². The molecule has 1 aromatic carbocycles. The number of methoxy groups -OCH3 is 1. The molecular weight excluding hydrogens is 238 g/mol. The third kappa shape index (κ3) is 3.71. The molecule has 106 valence electrons. The molecule has 1 aromatic rings. The van der Waals surface area contributed by atoms with Crippen LogP contribution in [0, 0.1) is 5.41 Å². The van der Waals surface area contributed by atoms with Crippen molar-refractivity contribution in [2.75, 3.05) is 26.9 Å². The summed E-state index contributed by atoms with van der Waals surface area (Å²) in [6.45, 7) is 7.34. The zero-order valence-electron chi connectivity index (χ0n) is 12.2. The van der Waals surface area contributed by atoms with Crippen LogP contribution in [-0.2, 0) is 4.74 Å². The summed E-state index contributed by atoms with van der Waals surface area (Å²) in [5.74, 6) is 0.958. The standard InChI is InChI=1S/C16H25NO2/c1-13(14-6-4-5-7-15(14)18-3)17-12-16(2)8-10-19-11-9-16/h4-7,13,17H,8-12H2,1-3H3. The lowest BCUT2D eigenvalue weighted by molar-refractivity contribution is 0.0230. The van der Waals surface area contributed by atoms with Crippen molar-refractivity contribution in [3.05, 3.63) is 29.8 Å². The van der Waals surface area contributed by atoms with Crippen molar-refractivity contribution < 1.29 is 9.47 Å². The molecule has 1 saturated heterocycles. The molecule has 0 aromatic heterocycles. The highest BCUT2D eigenvalue weighted by Gasteiger charge is 2.27. The minimum atomic E-state index is 0.302. The Morgan fingerprint density at radius 1 is 1.32 bits per heavy atom. The molecule has 1 aliphatic rings. The number of nitrogens with one attached hydrogen (secondary N) is 1. The minimum Gasteiger partial charge on any atom is -0.496 e. The fourth-order valence-electron chi connectivity index (χ4n) is 2.57. The molecule has 0 spiro atoms. The maximum Gasteiger partial charge on any atom is 0.123 e. The largest absolute Gasteiger partial charge is 0.496 e. The first-order valence-corrected chi connectivity index (χ1v) is 7.09. The van der Waals surface area contributed by atoms with Crippen LogP contribution in [0.4, 0.5) is 0 Å². The van der Waals surface area contributed by atoms with E-state index in [0.717, 1.165) is 38.3 Å². The second-order valence-corrected chi connectivity index (χ2v) is 5.77. The van der Waals surface area contributed by atoms with Gasteiger partial charge in [0.1, 0.15) is 5.75 Å². The predicted octanol–water partition coefficient (Wildman–Crippen LogP) is 3.16. The summed E-state index contributed by atoms with van der Waals surface area (Å²) < 4.78 is 10.9. The molecule has 0 bridgehead atoms. The average Bonchev–Trinajstić information content (AvgIpc) is 2.45. The van der Waals surface area contributed by atoms with Crippen molar-refractivity contribution in [1.82, 2.24) is 5.32 Å². The van der Waals surface area contributed by atoms with Crippen molar-refractivity contribution in [2.24, 2.45) is 5.41 Å². The Morgan fingerprint density at radius 2 is 2.00 bits per heavy atom. The van der Waals surface area contributed by atoms with Gasteiger partial charge in [-0.1, -0.05) is 25.1 Å². The topological polar surface area (TPSA) is 30.5 Å². The Labute approximate surface area is 116 Å². The lowest BCUT2D eigenvalue weighted by Gasteiger charge is -2.35. The van der Waals surface area contributed by atoms with Crippen LogP contribution in [0.2, 0.25) is 0 Å². The van der Waals surface area contributed by atoms with E-state index in [2.05, 4.69) is 31.3 Å². The smallest absolute Gasteiger partial charge is 0.123 e. The maximum absolute atomic E-state index is 5.45. The number of ether oxygens (including phenoxy) is 2. The molecule has 3 nitrogen and oxygen atoms in total. The van der Waals surface area contributed by atoms with Crippen molar-refractivity contribution in [3.63, 3.8) is 0 Å². The van der Waals surface area contributed by atoms with E-state index in [4.69, 9.17) is 9.47 Å². The van der Waals surface area contributed by atoms with E-state index in [1.165, 1.54) is 5.56 Å². The van der Waals surface area contributed by atoms with Gasteiger partial charge < -0.3 is 14.8 Å². The highest BCUT2D eigenvalue weighted by Crippen LogP contribution is 2.30. The molecule has 2 rings (SSSR count). The molecule has 1 N–H and O–H groups in total. The van der Waals surface area contributed by atoms with Gasteiger partial charge in [-0.25, -0.2) is 0 Å². The van der Waals surface area contributed by atoms with Crippen LogP contribution < -0.4 is 10.1 Å². The Balaban J connectivity index is 1.95. The van der Waals surface area contributed by atoms with Crippen LogP contribution in [-0.4, -0.2) is 26.9 Å². The van der Waals surface area contributed by atoms with Gasteiger partial charge in [-0.05, 0) is 31.2 Å². The van der Waals surface area contributed by atoms with E-state index in [-0.39, 0.29) is 0 Å². The summed E-state index contributed by atoms with van der Waals surface area (Å²) in [5, 5.41) is 3.65. The van der Waals surface area contributed by atoms with Crippen LogP contribution in [0.5, 0.6) is 5.75 Å². The van der Waals surface area contributed by atoms with Gasteiger partial charge in [0.2, 0.25) is 0 Å². The summed E-state index contributed by atoms with van der Waals surface area (Å²) in [6, 6.07) is 8.52. The third-order valence-corrected chi connectivity index (χ3v) is 4.14. The normalized spacial score (nSPS) is 19.9. The summed E-state index contributed by atoms with van der Waals surface area (Å²) >= 11 is 0. The molecule has 0 saturated carbocycles. The van der Waals surface area contributed by atoms with Crippen molar-refractivity contribution in [3.8, 4) is 5.75 Å². The molecule has 19 heavy (non-hydrogen) atoms. The van der Waals surface area contributed by atoms with Gasteiger partial charge in [0, 0.05) is 31.4 Å².